The molecule has 90 valence electrons. The first-order valence-electron chi connectivity index (χ1n) is 5.38. The summed E-state index contributed by atoms with van der Waals surface area (Å²) >= 11 is 1.58. The molecule has 0 saturated heterocycles. The minimum Gasteiger partial charge on any atom is -0.465 e. The standard InChI is InChI=1S/C13H14O3S/c1-8-12(13(15)16-2)10-4-3-9(5-6-14)7-11(10)17-8/h3-4,7,14H,5-6H2,1-2H3. The summed E-state index contributed by atoms with van der Waals surface area (Å²) in [6.07, 6.45) is 0.639. The Hall–Kier alpha value is -1.39. The van der Waals surface area contributed by atoms with Gasteiger partial charge in [-0.1, -0.05) is 12.1 Å². The van der Waals surface area contributed by atoms with Gasteiger partial charge in [-0.25, -0.2) is 4.79 Å². The number of carbonyl (C=O) groups excluding carboxylic acids is 1. The van der Waals surface area contributed by atoms with Crippen molar-refractivity contribution in [3.8, 4) is 0 Å². The lowest BCUT2D eigenvalue weighted by Crippen LogP contribution is -2.01. The molecule has 0 fully saturated rings. The number of benzene rings is 1. The van der Waals surface area contributed by atoms with Crippen LogP contribution in [-0.2, 0) is 11.2 Å². The van der Waals surface area contributed by atoms with Crippen molar-refractivity contribution < 1.29 is 14.6 Å². The number of aliphatic hydroxyl groups is 1. The predicted octanol–water partition coefficient (Wildman–Crippen LogP) is 2.53. The third-order valence-corrected chi connectivity index (χ3v) is 3.79. The molecular formula is C13H14O3S. The van der Waals surface area contributed by atoms with E-state index in [1.807, 2.05) is 25.1 Å². The third-order valence-electron chi connectivity index (χ3n) is 2.72. The highest BCUT2D eigenvalue weighted by Gasteiger charge is 2.16. The average molecular weight is 250 g/mol. The monoisotopic (exact) mass is 250 g/mol. The number of thiophene rings is 1. The molecule has 0 aliphatic heterocycles. The lowest BCUT2D eigenvalue weighted by Gasteiger charge is -2.00. The molecule has 2 rings (SSSR count). The van der Waals surface area contributed by atoms with Crippen LogP contribution in [0.1, 0.15) is 20.8 Å². The van der Waals surface area contributed by atoms with Crippen LogP contribution in [0, 0.1) is 6.92 Å². The first-order valence-corrected chi connectivity index (χ1v) is 6.20. The van der Waals surface area contributed by atoms with Gasteiger partial charge in [0.25, 0.3) is 0 Å². The van der Waals surface area contributed by atoms with Gasteiger partial charge in [0.1, 0.15) is 0 Å². The van der Waals surface area contributed by atoms with Crippen molar-refractivity contribution in [3.05, 3.63) is 34.2 Å². The number of esters is 1. The molecule has 1 heterocycles. The van der Waals surface area contributed by atoms with E-state index in [4.69, 9.17) is 9.84 Å². The Morgan fingerprint density at radius 1 is 1.47 bits per heavy atom. The van der Waals surface area contributed by atoms with E-state index in [0.29, 0.717) is 12.0 Å². The van der Waals surface area contributed by atoms with Crippen LogP contribution >= 0.6 is 11.3 Å². The van der Waals surface area contributed by atoms with Gasteiger partial charge in [-0.2, -0.15) is 0 Å². The van der Waals surface area contributed by atoms with Crippen molar-refractivity contribution in [2.45, 2.75) is 13.3 Å². The second kappa shape index (κ2) is 4.85. The van der Waals surface area contributed by atoms with E-state index in [1.165, 1.54) is 7.11 Å². The number of ether oxygens (including phenoxy) is 1. The summed E-state index contributed by atoms with van der Waals surface area (Å²) in [7, 11) is 1.39. The lowest BCUT2D eigenvalue weighted by molar-refractivity contribution is 0.0603. The van der Waals surface area contributed by atoms with Crippen LogP contribution in [0.3, 0.4) is 0 Å². The molecule has 1 aromatic carbocycles. The van der Waals surface area contributed by atoms with Crippen molar-refractivity contribution in [1.82, 2.24) is 0 Å². The number of hydrogen-bond donors (Lipinski definition) is 1. The molecule has 17 heavy (non-hydrogen) atoms. The Balaban J connectivity index is 2.56. The molecule has 2 aromatic rings. The first-order chi connectivity index (χ1) is 8.17. The Labute approximate surface area is 104 Å². The summed E-state index contributed by atoms with van der Waals surface area (Å²) < 4.78 is 5.85. The molecule has 0 amide bonds. The Bertz CT molecular complexity index is 557. The van der Waals surface area contributed by atoms with Gasteiger partial charge in [-0.3, -0.25) is 0 Å². The molecule has 0 unspecified atom stereocenters. The van der Waals surface area contributed by atoms with Crippen molar-refractivity contribution in [2.75, 3.05) is 13.7 Å². The van der Waals surface area contributed by atoms with Gasteiger partial charge in [0.2, 0.25) is 0 Å². The second-order valence-electron chi connectivity index (χ2n) is 3.83. The second-order valence-corrected chi connectivity index (χ2v) is 5.09. The van der Waals surface area contributed by atoms with Gasteiger partial charge in [0.15, 0.2) is 0 Å². The fraction of sp³-hybridized carbons (Fsp3) is 0.308. The number of rotatable bonds is 3. The molecule has 0 bridgehead atoms. The summed E-state index contributed by atoms with van der Waals surface area (Å²) in [6, 6.07) is 5.89. The van der Waals surface area contributed by atoms with Crippen LogP contribution in [0.4, 0.5) is 0 Å². The van der Waals surface area contributed by atoms with Crippen LogP contribution in [0.5, 0.6) is 0 Å². The van der Waals surface area contributed by atoms with Crippen molar-refractivity contribution in [3.63, 3.8) is 0 Å². The minimum atomic E-state index is -0.288. The van der Waals surface area contributed by atoms with E-state index in [1.54, 1.807) is 11.3 Å². The molecule has 0 aliphatic rings. The van der Waals surface area contributed by atoms with E-state index in [2.05, 4.69) is 0 Å². The molecule has 1 aromatic heterocycles. The van der Waals surface area contributed by atoms with Gasteiger partial charge >= 0.3 is 5.97 Å². The van der Waals surface area contributed by atoms with Crippen molar-refractivity contribution in [1.29, 1.82) is 0 Å². The first kappa shape index (κ1) is 12.1. The van der Waals surface area contributed by atoms with Gasteiger partial charge < -0.3 is 9.84 Å². The Kier molecular flexibility index (Phi) is 3.45. The molecule has 1 N–H and O–H groups in total. The van der Waals surface area contributed by atoms with Crippen LogP contribution < -0.4 is 0 Å². The quantitative estimate of drug-likeness (QED) is 0.851. The Morgan fingerprint density at radius 2 is 2.24 bits per heavy atom. The highest BCUT2D eigenvalue weighted by atomic mass is 32.1. The topological polar surface area (TPSA) is 46.5 Å². The molecule has 0 aliphatic carbocycles. The molecule has 0 saturated carbocycles. The Morgan fingerprint density at radius 3 is 2.88 bits per heavy atom. The van der Waals surface area contributed by atoms with Gasteiger partial charge in [0, 0.05) is 21.6 Å². The van der Waals surface area contributed by atoms with E-state index in [9.17, 15) is 4.79 Å². The molecule has 0 spiro atoms. The van der Waals surface area contributed by atoms with Gasteiger partial charge in [-0.05, 0) is 25.0 Å². The summed E-state index contributed by atoms with van der Waals surface area (Å²) in [5, 5.41) is 9.84. The predicted molar refractivity (Wildman–Crippen MR) is 68.7 cm³/mol. The van der Waals surface area contributed by atoms with E-state index >= 15 is 0 Å². The van der Waals surface area contributed by atoms with E-state index < -0.39 is 0 Å². The third kappa shape index (κ3) is 2.18. The maximum atomic E-state index is 11.7. The maximum Gasteiger partial charge on any atom is 0.339 e. The molecule has 0 atom stereocenters. The minimum absolute atomic E-state index is 0.139. The molecule has 0 radical (unpaired) electrons. The SMILES string of the molecule is COC(=O)c1c(C)sc2cc(CCO)ccc12. The summed E-state index contributed by atoms with van der Waals surface area (Å²) in [6.45, 7) is 2.06. The van der Waals surface area contributed by atoms with Crippen LogP contribution in [0.15, 0.2) is 18.2 Å². The van der Waals surface area contributed by atoms with E-state index in [-0.39, 0.29) is 12.6 Å². The number of aliphatic hydroxyl groups excluding tert-OH is 1. The fourth-order valence-corrected chi connectivity index (χ4v) is 3.02. The maximum absolute atomic E-state index is 11.7. The summed E-state index contributed by atoms with van der Waals surface area (Å²) in [4.78, 5) is 12.6. The van der Waals surface area contributed by atoms with Crippen LogP contribution in [0.2, 0.25) is 0 Å². The molecule has 3 nitrogen and oxygen atoms in total. The zero-order valence-electron chi connectivity index (χ0n) is 9.82. The zero-order valence-corrected chi connectivity index (χ0v) is 10.6. The van der Waals surface area contributed by atoms with Gasteiger partial charge in [0.05, 0.1) is 12.7 Å². The fourth-order valence-electron chi connectivity index (χ4n) is 1.90. The highest BCUT2D eigenvalue weighted by Crippen LogP contribution is 2.32. The number of aryl methyl sites for hydroxylation is 1. The van der Waals surface area contributed by atoms with Crippen LogP contribution in [0.25, 0.3) is 10.1 Å². The zero-order chi connectivity index (χ0) is 12.4. The molecular weight excluding hydrogens is 236 g/mol. The number of carbonyl (C=O) groups is 1. The lowest BCUT2D eigenvalue weighted by atomic mass is 10.1. The largest absolute Gasteiger partial charge is 0.465 e. The van der Waals surface area contributed by atoms with Crippen molar-refractivity contribution >= 4 is 27.4 Å². The normalized spacial score (nSPS) is 10.8. The van der Waals surface area contributed by atoms with E-state index in [0.717, 1.165) is 20.5 Å². The molecule has 4 heteroatoms. The van der Waals surface area contributed by atoms with Crippen molar-refractivity contribution in [2.24, 2.45) is 0 Å². The average Bonchev–Trinajstić information content (AvgIpc) is 2.64. The van der Waals surface area contributed by atoms with Gasteiger partial charge in [-0.15, -0.1) is 11.3 Å². The van der Waals surface area contributed by atoms with Crippen LogP contribution in [-0.4, -0.2) is 24.8 Å². The number of fused-ring (bicyclic) bond motifs is 1. The summed E-state index contributed by atoms with van der Waals surface area (Å²) in [5.41, 5.74) is 1.74. The highest BCUT2D eigenvalue weighted by molar-refractivity contribution is 7.19. The smallest absolute Gasteiger partial charge is 0.339 e. The number of methoxy groups -OCH3 is 1. The number of hydrogen-bond acceptors (Lipinski definition) is 4. The summed E-state index contributed by atoms with van der Waals surface area (Å²) in [5.74, 6) is -0.288.